The highest BCUT2D eigenvalue weighted by molar-refractivity contribution is 5.99. The van der Waals surface area contributed by atoms with E-state index >= 15 is 0 Å². The molecule has 1 N–H and O–H groups in total. The van der Waals surface area contributed by atoms with Gasteiger partial charge in [-0.15, -0.1) is 0 Å². The normalized spacial score (nSPS) is 10.9. The van der Waals surface area contributed by atoms with E-state index in [4.69, 9.17) is 4.74 Å². The second-order valence-corrected chi connectivity index (χ2v) is 7.22. The van der Waals surface area contributed by atoms with Crippen LogP contribution in [0.15, 0.2) is 71.8 Å². The van der Waals surface area contributed by atoms with Crippen molar-refractivity contribution in [3.05, 3.63) is 88.5 Å². The average molecular weight is 416 g/mol. The number of aromatic nitrogens is 3. The standard InChI is InChI=1S/C24H24N4O3/c1-3-13-27-15-19(23(29)25-14-17-9-7-8-12-21(17)31-2)22-20(16-27)24(30)28(26-22)18-10-5-4-6-11-18/h4-12,15-16H,3,13-14H2,1-2H3,(H,25,29). The van der Waals surface area contributed by atoms with E-state index in [0.29, 0.717) is 41.3 Å². The summed E-state index contributed by atoms with van der Waals surface area (Å²) < 4.78 is 8.58. The number of amides is 1. The summed E-state index contributed by atoms with van der Waals surface area (Å²) in [4.78, 5) is 26.2. The van der Waals surface area contributed by atoms with Gasteiger partial charge in [0.2, 0.25) is 0 Å². The Morgan fingerprint density at radius 2 is 1.81 bits per heavy atom. The summed E-state index contributed by atoms with van der Waals surface area (Å²) in [5.41, 5.74) is 2.46. The molecule has 0 fully saturated rings. The third kappa shape index (κ3) is 4.07. The molecular weight excluding hydrogens is 392 g/mol. The summed E-state index contributed by atoms with van der Waals surface area (Å²) in [7, 11) is 1.60. The van der Waals surface area contributed by atoms with Crippen molar-refractivity contribution in [2.24, 2.45) is 0 Å². The lowest BCUT2D eigenvalue weighted by Gasteiger charge is -2.13. The number of hydrogen-bond donors (Lipinski definition) is 1. The zero-order valence-electron chi connectivity index (χ0n) is 17.5. The molecule has 7 nitrogen and oxygen atoms in total. The molecule has 0 aliphatic carbocycles. The van der Waals surface area contributed by atoms with Gasteiger partial charge in [0.05, 0.1) is 23.9 Å². The number of pyridine rings is 1. The number of methoxy groups -OCH3 is 1. The van der Waals surface area contributed by atoms with Crippen molar-refractivity contribution in [1.29, 1.82) is 0 Å². The number of hydrogen-bond acceptors (Lipinski definition) is 4. The molecule has 1 amide bonds. The molecule has 2 aromatic carbocycles. The number of carbonyl (C=O) groups excluding carboxylic acids is 1. The highest BCUT2D eigenvalue weighted by atomic mass is 16.5. The Morgan fingerprint density at radius 1 is 1.06 bits per heavy atom. The van der Waals surface area contributed by atoms with E-state index in [1.165, 1.54) is 4.68 Å². The smallest absolute Gasteiger partial charge is 0.282 e. The van der Waals surface area contributed by atoms with E-state index in [-0.39, 0.29) is 11.5 Å². The zero-order chi connectivity index (χ0) is 21.8. The maximum Gasteiger partial charge on any atom is 0.282 e. The number of fused-ring (bicyclic) bond motifs is 1. The van der Waals surface area contributed by atoms with Crippen LogP contribution in [0.1, 0.15) is 29.3 Å². The van der Waals surface area contributed by atoms with E-state index in [9.17, 15) is 9.59 Å². The lowest BCUT2D eigenvalue weighted by molar-refractivity contribution is 0.0950. The van der Waals surface area contributed by atoms with Gasteiger partial charge in [-0.25, -0.2) is 0 Å². The fraction of sp³-hybridized carbons (Fsp3) is 0.208. The van der Waals surface area contributed by atoms with E-state index in [2.05, 4.69) is 10.4 Å². The predicted octanol–water partition coefficient (Wildman–Crippen LogP) is 3.49. The van der Waals surface area contributed by atoms with Crippen LogP contribution in [0.4, 0.5) is 0 Å². The Bertz CT molecular complexity index is 1230. The van der Waals surface area contributed by atoms with E-state index in [1.54, 1.807) is 19.5 Å². The number of carbonyl (C=O) groups is 1. The fourth-order valence-corrected chi connectivity index (χ4v) is 3.58. The Morgan fingerprint density at radius 3 is 2.55 bits per heavy atom. The summed E-state index contributed by atoms with van der Waals surface area (Å²) in [6.45, 7) is 3.04. The third-order valence-electron chi connectivity index (χ3n) is 5.08. The fourth-order valence-electron chi connectivity index (χ4n) is 3.58. The van der Waals surface area contributed by atoms with Gasteiger partial charge in [0.1, 0.15) is 11.4 Å². The molecule has 0 aromatic heterocycles. The predicted molar refractivity (Wildman–Crippen MR) is 119 cm³/mol. The zero-order valence-corrected chi connectivity index (χ0v) is 17.5. The molecule has 0 spiro atoms. The lowest BCUT2D eigenvalue weighted by Crippen LogP contribution is -2.25. The molecule has 158 valence electrons. The topological polar surface area (TPSA) is 78.2 Å². The SMILES string of the molecule is CCCn1cc(C(=O)NCc2ccccc2OC)c2nn(-c3ccccc3)c(=O)c-2c1. The molecule has 0 atom stereocenters. The number of ether oxygens (including phenoxy) is 1. The number of benzene rings is 2. The van der Waals surface area contributed by atoms with Crippen LogP contribution in [0.2, 0.25) is 0 Å². The Kier molecular flexibility index (Phi) is 5.84. The lowest BCUT2D eigenvalue weighted by atomic mass is 10.1. The van der Waals surface area contributed by atoms with Crippen LogP contribution >= 0.6 is 0 Å². The van der Waals surface area contributed by atoms with Gasteiger partial charge < -0.3 is 14.6 Å². The van der Waals surface area contributed by atoms with Gasteiger partial charge in [-0.1, -0.05) is 43.3 Å². The molecule has 31 heavy (non-hydrogen) atoms. The van der Waals surface area contributed by atoms with Gasteiger partial charge in [-0.3, -0.25) is 9.59 Å². The summed E-state index contributed by atoms with van der Waals surface area (Å²) in [6.07, 6.45) is 4.40. The molecular formula is C24H24N4O3. The summed E-state index contributed by atoms with van der Waals surface area (Å²) in [5.74, 6) is 0.413. The second kappa shape index (κ2) is 8.87. The van der Waals surface area contributed by atoms with Gasteiger partial charge in [0, 0.05) is 31.0 Å². The molecule has 2 aliphatic heterocycles. The van der Waals surface area contributed by atoms with Crippen LogP contribution in [-0.4, -0.2) is 27.4 Å². The molecule has 4 rings (SSSR count). The van der Waals surface area contributed by atoms with Crippen molar-refractivity contribution in [2.45, 2.75) is 26.4 Å². The van der Waals surface area contributed by atoms with Crippen molar-refractivity contribution < 1.29 is 9.53 Å². The number of nitrogens with zero attached hydrogens (tertiary/aromatic N) is 3. The number of nitrogens with one attached hydrogen (secondary N) is 1. The first kappa shape index (κ1) is 20.4. The molecule has 0 unspecified atom stereocenters. The summed E-state index contributed by atoms with van der Waals surface area (Å²) in [6, 6.07) is 16.7. The largest absolute Gasteiger partial charge is 0.496 e. The molecule has 7 heteroatoms. The Hall–Kier alpha value is -3.87. The van der Waals surface area contributed by atoms with Crippen LogP contribution in [0, 0.1) is 0 Å². The molecule has 0 saturated carbocycles. The summed E-state index contributed by atoms with van der Waals surface area (Å²) in [5, 5.41) is 7.44. The van der Waals surface area contributed by atoms with E-state index in [0.717, 1.165) is 12.0 Å². The third-order valence-corrected chi connectivity index (χ3v) is 5.08. The number of para-hydroxylation sites is 2. The van der Waals surface area contributed by atoms with E-state index in [1.807, 2.05) is 66.1 Å². The molecule has 0 bridgehead atoms. The molecule has 0 saturated heterocycles. The van der Waals surface area contributed by atoms with Crippen LogP contribution in [0.3, 0.4) is 0 Å². The molecule has 2 aromatic rings. The number of aryl methyl sites for hydroxylation is 1. The average Bonchev–Trinajstić information content (AvgIpc) is 3.14. The van der Waals surface area contributed by atoms with E-state index < -0.39 is 0 Å². The van der Waals surface area contributed by atoms with Crippen molar-refractivity contribution >= 4 is 5.91 Å². The van der Waals surface area contributed by atoms with Crippen molar-refractivity contribution in [3.8, 4) is 22.7 Å². The Labute approximate surface area is 180 Å². The highest BCUT2D eigenvalue weighted by Gasteiger charge is 2.24. The van der Waals surface area contributed by atoms with Gasteiger partial charge >= 0.3 is 0 Å². The first-order chi connectivity index (χ1) is 15.1. The van der Waals surface area contributed by atoms with Crippen LogP contribution in [0.5, 0.6) is 5.75 Å². The van der Waals surface area contributed by atoms with Crippen LogP contribution in [-0.2, 0) is 13.1 Å². The molecule has 0 radical (unpaired) electrons. The minimum atomic E-state index is -0.293. The first-order valence-corrected chi connectivity index (χ1v) is 10.2. The minimum Gasteiger partial charge on any atom is -0.496 e. The van der Waals surface area contributed by atoms with Crippen LogP contribution in [0.25, 0.3) is 16.9 Å². The maximum atomic E-state index is 13.1. The minimum absolute atomic E-state index is 0.245. The highest BCUT2D eigenvalue weighted by Crippen LogP contribution is 2.23. The second-order valence-electron chi connectivity index (χ2n) is 7.22. The summed E-state index contributed by atoms with van der Waals surface area (Å²) >= 11 is 0. The number of rotatable bonds is 7. The van der Waals surface area contributed by atoms with Crippen molar-refractivity contribution in [3.63, 3.8) is 0 Å². The molecule has 2 aliphatic rings. The quantitative estimate of drug-likeness (QED) is 0.500. The Balaban J connectivity index is 1.73. The van der Waals surface area contributed by atoms with Crippen LogP contribution < -0.4 is 15.6 Å². The molecule has 2 heterocycles. The first-order valence-electron chi connectivity index (χ1n) is 10.2. The van der Waals surface area contributed by atoms with Gasteiger partial charge in [0.25, 0.3) is 11.5 Å². The van der Waals surface area contributed by atoms with Gasteiger partial charge in [-0.05, 0) is 24.6 Å². The van der Waals surface area contributed by atoms with Crippen molar-refractivity contribution in [1.82, 2.24) is 19.7 Å². The van der Waals surface area contributed by atoms with Crippen molar-refractivity contribution in [2.75, 3.05) is 7.11 Å². The van der Waals surface area contributed by atoms with Gasteiger partial charge in [0.15, 0.2) is 0 Å². The monoisotopic (exact) mass is 416 g/mol. The van der Waals surface area contributed by atoms with Gasteiger partial charge in [-0.2, -0.15) is 9.78 Å². The maximum absolute atomic E-state index is 13.1.